The first kappa shape index (κ1) is 14.0. The molecule has 0 amide bonds. The molecule has 19 heavy (non-hydrogen) atoms. The number of carbonyl (C=O) groups is 1. The van der Waals surface area contributed by atoms with Crippen molar-refractivity contribution in [1.82, 2.24) is 4.90 Å². The highest BCUT2D eigenvalue weighted by Gasteiger charge is 2.25. The second-order valence-electron chi connectivity index (χ2n) is 5.22. The Hall–Kier alpha value is -1.39. The van der Waals surface area contributed by atoms with E-state index in [1.165, 1.54) is 0 Å². The van der Waals surface area contributed by atoms with Crippen LogP contribution >= 0.6 is 0 Å². The van der Waals surface area contributed by atoms with Crippen LogP contribution in [-0.2, 0) is 0 Å². The number of aliphatic hydroxyl groups excluding tert-OH is 1. The van der Waals surface area contributed by atoms with Gasteiger partial charge in [-0.3, -0.25) is 9.69 Å². The highest BCUT2D eigenvalue weighted by atomic mass is 16.5. The Morgan fingerprint density at radius 3 is 2.68 bits per heavy atom. The van der Waals surface area contributed by atoms with E-state index in [2.05, 4.69) is 4.90 Å². The van der Waals surface area contributed by atoms with E-state index in [1.807, 2.05) is 6.92 Å². The van der Waals surface area contributed by atoms with E-state index in [0.29, 0.717) is 12.1 Å². The zero-order chi connectivity index (χ0) is 13.8. The predicted molar refractivity (Wildman–Crippen MR) is 73.6 cm³/mol. The summed E-state index contributed by atoms with van der Waals surface area (Å²) in [5.41, 5.74) is 0.708. The van der Waals surface area contributed by atoms with E-state index in [1.54, 1.807) is 31.4 Å². The van der Waals surface area contributed by atoms with Crippen LogP contribution < -0.4 is 4.74 Å². The van der Waals surface area contributed by atoms with Crippen molar-refractivity contribution in [1.29, 1.82) is 0 Å². The number of nitrogens with zero attached hydrogens (tertiary/aromatic N) is 1. The molecule has 0 radical (unpaired) electrons. The fourth-order valence-corrected chi connectivity index (χ4v) is 2.43. The molecule has 2 unspecified atom stereocenters. The minimum atomic E-state index is -0.229. The van der Waals surface area contributed by atoms with Gasteiger partial charge in [-0.2, -0.15) is 0 Å². The monoisotopic (exact) mass is 263 g/mol. The van der Waals surface area contributed by atoms with Gasteiger partial charge in [0, 0.05) is 18.7 Å². The highest BCUT2D eigenvalue weighted by molar-refractivity contribution is 5.97. The summed E-state index contributed by atoms with van der Waals surface area (Å²) in [5, 5.41) is 9.68. The smallest absolute Gasteiger partial charge is 0.176 e. The summed E-state index contributed by atoms with van der Waals surface area (Å²) < 4.78 is 5.08. The predicted octanol–water partition coefficient (Wildman–Crippen LogP) is 1.58. The van der Waals surface area contributed by atoms with Gasteiger partial charge in [0.15, 0.2) is 5.78 Å². The van der Waals surface area contributed by atoms with E-state index in [4.69, 9.17) is 4.74 Å². The van der Waals surface area contributed by atoms with Gasteiger partial charge in [-0.1, -0.05) is 6.92 Å². The minimum absolute atomic E-state index is 0.117. The lowest BCUT2D eigenvalue weighted by Crippen LogP contribution is -2.44. The number of hydrogen-bond donors (Lipinski definition) is 1. The molecule has 0 aliphatic carbocycles. The molecule has 1 N–H and O–H groups in total. The Bertz CT molecular complexity index is 430. The summed E-state index contributed by atoms with van der Waals surface area (Å²) in [6, 6.07) is 7.19. The first-order valence-electron chi connectivity index (χ1n) is 6.68. The Morgan fingerprint density at radius 2 is 2.11 bits per heavy atom. The fraction of sp³-hybridized carbons (Fsp3) is 0.533. The molecule has 4 nitrogen and oxygen atoms in total. The normalized spacial score (nSPS) is 24.2. The second-order valence-corrected chi connectivity index (χ2v) is 5.22. The lowest BCUT2D eigenvalue weighted by molar-refractivity contribution is 0.0344. The molecule has 1 aromatic rings. The number of aliphatic hydroxyl groups is 1. The topological polar surface area (TPSA) is 49.8 Å². The number of benzene rings is 1. The summed E-state index contributed by atoms with van der Waals surface area (Å²) in [7, 11) is 1.61. The van der Waals surface area contributed by atoms with Gasteiger partial charge >= 0.3 is 0 Å². The van der Waals surface area contributed by atoms with Crippen LogP contribution in [0.15, 0.2) is 24.3 Å². The SMILES string of the molecule is COc1ccc(C(=O)CN2CCC(O)C(C)C2)cc1. The highest BCUT2D eigenvalue weighted by Crippen LogP contribution is 2.17. The van der Waals surface area contributed by atoms with Crippen LogP contribution in [0.25, 0.3) is 0 Å². The van der Waals surface area contributed by atoms with Gasteiger partial charge in [-0.25, -0.2) is 0 Å². The lowest BCUT2D eigenvalue weighted by Gasteiger charge is -2.33. The van der Waals surface area contributed by atoms with E-state index >= 15 is 0 Å². The maximum atomic E-state index is 12.2. The van der Waals surface area contributed by atoms with Crippen LogP contribution in [0.5, 0.6) is 5.75 Å². The Morgan fingerprint density at radius 1 is 1.42 bits per heavy atom. The first-order chi connectivity index (χ1) is 9.10. The number of methoxy groups -OCH3 is 1. The number of ether oxygens (including phenoxy) is 1. The Labute approximate surface area is 114 Å². The number of rotatable bonds is 4. The van der Waals surface area contributed by atoms with Gasteiger partial charge in [0.25, 0.3) is 0 Å². The third-order valence-electron chi connectivity index (χ3n) is 3.72. The minimum Gasteiger partial charge on any atom is -0.497 e. The molecule has 1 aliphatic rings. The molecule has 4 heteroatoms. The molecule has 1 fully saturated rings. The van der Waals surface area contributed by atoms with Crippen LogP contribution in [0.3, 0.4) is 0 Å². The fourth-order valence-electron chi connectivity index (χ4n) is 2.43. The zero-order valence-corrected chi connectivity index (χ0v) is 11.5. The van der Waals surface area contributed by atoms with Gasteiger partial charge < -0.3 is 9.84 Å². The molecule has 0 saturated carbocycles. The summed E-state index contributed by atoms with van der Waals surface area (Å²) in [6.45, 7) is 4.01. The molecule has 1 heterocycles. The van der Waals surface area contributed by atoms with E-state index in [0.717, 1.165) is 25.3 Å². The van der Waals surface area contributed by atoms with Gasteiger partial charge in [-0.05, 0) is 36.6 Å². The average molecular weight is 263 g/mol. The molecule has 2 rings (SSSR count). The maximum absolute atomic E-state index is 12.2. The number of ketones is 1. The summed E-state index contributed by atoms with van der Waals surface area (Å²) in [4.78, 5) is 14.3. The Kier molecular flexibility index (Phi) is 4.56. The van der Waals surface area contributed by atoms with Crippen molar-refractivity contribution in [2.24, 2.45) is 5.92 Å². The molecule has 1 aliphatic heterocycles. The average Bonchev–Trinajstić information content (AvgIpc) is 2.43. The van der Waals surface area contributed by atoms with Crippen molar-refractivity contribution < 1.29 is 14.6 Å². The van der Waals surface area contributed by atoms with Crippen molar-refractivity contribution >= 4 is 5.78 Å². The van der Waals surface area contributed by atoms with Crippen LogP contribution in [0.4, 0.5) is 0 Å². The Balaban J connectivity index is 1.93. The lowest BCUT2D eigenvalue weighted by atomic mass is 9.96. The maximum Gasteiger partial charge on any atom is 0.176 e. The standard InChI is InChI=1S/C15H21NO3/c1-11-9-16(8-7-14(11)17)10-15(18)12-3-5-13(19-2)6-4-12/h3-6,11,14,17H,7-10H2,1-2H3. The van der Waals surface area contributed by atoms with Crippen molar-refractivity contribution in [2.75, 3.05) is 26.7 Å². The number of carbonyl (C=O) groups excluding carboxylic acids is 1. The van der Waals surface area contributed by atoms with Crippen molar-refractivity contribution in [2.45, 2.75) is 19.4 Å². The zero-order valence-electron chi connectivity index (χ0n) is 11.5. The molecule has 1 saturated heterocycles. The van der Waals surface area contributed by atoms with Crippen molar-refractivity contribution in [3.05, 3.63) is 29.8 Å². The van der Waals surface area contributed by atoms with Gasteiger partial charge in [0.1, 0.15) is 5.75 Å². The van der Waals surface area contributed by atoms with Crippen molar-refractivity contribution in [3.8, 4) is 5.75 Å². The number of piperidine rings is 1. The molecule has 0 aromatic heterocycles. The summed E-state index contributed by atoms with van der Waals surface area (Å²) >= 11 is 0. The molecular formula is C15H21NO3. The quantitative estimate of drug-likeness (QED) is 0.838. The van der Waals surface area contributed by atoms with Gasteiger partial charge in [-0.15, -0.1) is 0 Å². The number of hydrogen-bond acceptors (Lipinski definition) is 4. The van der Waals surface area contributed by atoms with E-state index < -0.39 is 0 Å². The number of Topliss-reactive ketones (excluding diaryl/α,β-unsaturated/α-hetero) is 1. The van der Waals surface area contributed by atoms with Crippen LogP contribution in [0.1, 0.15) is 23.7 Å². The molecule has 104 valence electrons. The molecular weight excluding hydrogens is 242 g/mol. The first-order valence-corrected chi connectivity index (χ1v) is 6.68. The van der Waals surface area contributed by atoms with Crippen LogP contribution in [0, 0.1) is 5.92 Å². The summed E-state index contributed by atoms with van der Waals surface area (Å²) in [6.07, 6.45) is 0.518. The molecule has 0 bridgehead atoms. The van der Waals surface area contributed by atoms with Crippen molar-refractivity contribution in [3.63, 3.8) is 0 Å². The van der Waals surface area contributed by atoms with E-state index in [-0.39, 0.29) is 17.8 Å². The van der Waals surface area contributed by atoms with Gasteiger partial charge in [0.2, 0.25) is 0 Å². The molecule has 0 spiro atoms. The van der Waals surface area contributed by atoms with Crippen LogP contribution in [0.2, 0.25) is 0 Å². The largest absolute Gasteiger partial charge is 0.497 e. The summed E-state index contributed by atoms with van der Waals surface area (Å²) in [5.74, 6) is 1.11. The third-order valence-corrected chi connectivity index (χ3v) is 3.72. The van der Waals surface area contributed by atoms with Gasteiger partial charge in [0.05, 0.1) is 19.8 Å². The number of likely N-dealkylation sites (tertiary alicyclic amines) is 1. The molecule has 2 atom stereocenters. The third kappa shape index (κ3) is 3.55. The van der Waals surface area contributed by atoms with Crippen LogP contribution in [-0.4, -0.2) is 48.6 Å². The molecule has 1 aromatic carbocycles. The van der Waals surface area contributed by atoms with E-state index in [9.17, 15) is 9.90 Å². The second kappa shape index (κ2) is 6.17.